The van der Waals surface area contributed by atoms with Gasteiger partial charge in [-0.05, 0) is 12.0 Å². The minimum atomic E-state index is -0.0268. The van der Waals surface area contributed by atoms with E-state index >= 15 is 0 Å². The van der Waals surface area contributed by atoms with Gasteiger partial charge in [-0.3, -0.25) is 4.79 Å². The molecular weight excluding hydrogens is 240 g/mol. The van der Waals surface area contributed by atoms with E-state index in [-0.39, 0.29) is 12.0 Å². The van der Waals surface area contributed by atoms with E-state index in [1.807, 2.05) is 44.3 Å². The molecule has 2 rings (SSSR count). The number of hydrogen-bond donors (Lipinski definition) is 0. The number of likely N-dealkylation sites (N-methyl/N-ethyl adjacent to an activating group) is 1. The molecular formula is C15H20N2O2. The summed E-state index contributed by atoms with van der Waals surface area (Å²) in [6.45, 7) is 2.60. The Hall–Kier alpha value is -1.84. The van der Waals surface area contributed by atoms with Crippen molar-refractivity contribution >= 4 is 11.6 Å². The number of carbonyl (C=O) groups is 1. The van der Waals surface area contributed by atoms with Crippen molar-refractivity contribution in [3.8, 4) is 0 Å². The van der Waals surface area contributed by atoms with E-state index in [0.717, 1.165) is 24.1 Å². The van der Waals surface area contributed by atoms with Crippen LogP contribution in [0.25, 0.3) is 0 Å². The number of rotatable bonds is 5. The molecule has 4 heteroatoms. The lowest BCUT2D eigenvalue weighted by molar-refractivity contribution is -0.131. The number of carbonyl (C=O) groups excluding carboxylic acids is 1. The third-order valence-corrected chi connectivity index (χ3v) is 3.21. The lowest BCUT2D eigenvalue weighted by atomic mass is 10.0. The van der Waals surface area contributed by atoms with Crippen LogP contribution in [-0.4, -0.2) is 36.2 Å². The fraction of sp³-hybridized carbons (Fsp3) is 0.467. The molecule has 0 saturated carbocycles. The molecule has 19 heavy (non-hydrogen) atoms. The minimum Gasteiger partial charge on any atom is -0.390 e. The van der Waals surface area contributed by atoms with Gasteiger partial charge in [0.15, 0.2) is 6.10 Å². The summed E-state index contributed by atoms with van der Waals surface area (Å²) in [5, 5.41) is 4.12. The molecule has 1 amide bonds. The maximum absolute atomic E-state index is 11.7. The molecule has 0 N–H and O–H groups in total. The van der Waals surface area contributed by atoms with Crippen molar-refractivity contribution in [3.63, 3.8) is 0 Å². The average Bonchev–Trinajstić information content (AvgIpc) is 2.88. The Morgan fingerprint density at radius 1 is 1.42 bits per heavy atom. The van der Waals surface area contributed by atoms with Crippen LogP contribution < -0.4 is 0 Å². The predicted molar refractivity (Wildman–Crippen MR) is 75.0 cm³/mol. The van der Waals surface area contributed by atoms with Crippen LogP contribution in [0.3, 0.4) is 0 Å². The normalized spacial score (nSPS) is 17.8. The van der Waals surface area contributed by atoms with Crippen molar-refractivity contribution < 1.29 is 9.63 Å². The van der Waals surface area contributed by atoms with Crippen LogP contribution in [0.15, 0.2) is 35.5 Å². The van der Waals surface area contributed by atoms with Crippen LogP contribution in [0.2, 0.25) is 0 Å². The topological polar surface area (TPSA) is 41.9 Å². The molecule has 0 saturated heterocycles. The Bertz CT molecular complexity index is 456. The largest absolute Gasteiger partial charge is 0.390 e. The summed E-state index contributed by atoms with van der Waals surface area (Å²) in [5.74, 6) is 0.166. The van der Waals surface area contributed by atoms with Crippen molar-refractivity contribution in [1.29, 1.82) is 0 Å². The SMILES string of the molecule is CCCC(=O)N(C)CC1CC(c2ccccc2)=NO1. The monoisotopic (exact) mass is 260 g/mol. The first kappa shape index (κ1) is 13.6. The number of amides is 1. The summed E-state index contributed by atoms with van der Waals surface area (Å²) >= 11 is 0. The van der Waals surface area contributed by atoms with Crippen LogP contribution in [0.4, 0.5) is 0 Å². The van der Waals surface area contributed by atoms with E-state index in [9.17, 15) is 4.79 Å². The minimum absolute atomic E-state index is 0.0268. The standard InChI is InChI=1S/C15H20N2O2/c1-3-7-15(18)17(2)11-13-10-14(16-19-13)12-8-5-4-6-9-12/h4-6,8-9,13H,3,7,10-11H2,1-2H3. The Labute approximate surface area is 114 Å². The van der Waals surface area contributed by atoms with Gasteiger partial charge in [0.05, 0.1) is 12.3 Å². The van der Waals surface area contributed by atoms with E-state index in [1.165, 1.54) is 0 Å². The lowest BCUT2D eigenvalue weighted by Crippen LogP contribution is -2.34. The molecule has 1 heterocycles. The second-order valence-corrected chi connectivity index (χ2v) is 4.86. The van der Waals surface area contributed by atoms with Crippen molar-refractivity contribution in [2.45, 2.75) is 32.3 Å². The zero-order chi connectivity index (χ0) is 13.7. The fourth-order valence-corrected chi connectivity index (χ4v) is 2.14. The Balaban J connectivity index is 1.86. The summed E-state index contributed by atoms with van der Waals surface area (Å²) in [4.78, 5) is 18.9. The number of benzene rings is 1. The van der Waals surface area contributed by atoms with Gasteiger partial charge in [0.1, 0.15) is 0 Å². The second kappa shape index (κ2) is 6.36. The van der Waals surface area contributed by atoms with Crippen LogP contribution in [0.1, 0.15) is 31.7 Å². The van der Waals surface area contributed by atoms with Crippen LogP contribution in [0.5, 0.6) is 0 Å². The van der Waals surface area contributed by atoms with Gasteiger partial charge < -0.3 is 9.74 Å². The van der Waals surface area contributed by atoms with Crippen molar-refractivity contribution in [2.75, 3.05) is 13.6 Å². The molecule has 102 valence electrons. The highest BCUT2D eigenvalue weighted by Gasteiger charge is 2.24. The van der Waals surface area contributed by atoms with Gasteiger partial charge in [0.2, 0.25) is 5.91 Å². The zero-order valence-corrected chi connectivity index (χ0v) is 11.5. The highest BCUT2D eigenvalue weighted by atomic mass is 16.6. The molecule has 1 aromatic carbocycles. The summed E-state index contributed by atoms with van der Waals surface area (Å²) in [6.07, 6.45) is 2.20. The van der Waals surface area contributed by atoms with Crippen molar-refractivity contribution in [3.05, 3.63) is 35.9 Å². The number of oxime groups is 1. The van der Waals surface area contributed by atoms with Crippen molar-refractivity contribution in [1.82, 2.24) is 4.90 Å². The molecule has 1 aromatic rings. The van der Waals surface area contributed by atoms with Crippen LogP contribution in [0, 0.1) is 0 Å². The third-order valence-electron chi connectivity index (χ3n) is 3.21. The quantitative estimate of drug-likeness (QED) is 0.816. The molecule has 0 bridgehead atoms. The maximum Gasteiger partial charge on any atom is 0.222 e. The Morgan fingerprint density at radius 2 is 2.16 bits per heavy atom. The van der Waals surface area contributed by atoms with E-state index in [1.54, 1.807) is 4.90 Å². The smallest absolute Gasteiger partial charge is 0.222 e. The first-order valence-corrected chi connectivity index (χ1v) is 6.72. The molecule has 1 aliphatic rings. The van der Waals surface area contributed by atoms with E-state index in [0.29, 0.717) is 13.0 Å². The van der Waals surface area contributed by atoms with Gasteiger partial charge in [0.25, 0.3) is 0 Å². The molecule has 0 aromatic heterocycles. The molecule has 0 radical (unpaired) electrons. The highest BCUT2D eigenvalue weighted by Crippen LogP contribution is 2.17. The van der Waals surface area contributed by atoms with Crippen LogP contribution in [-0.2, 0) is 9.63 Å². The fourth-order valence-electron chi connectivity index (χ4n) is 2.14. The van der Waals surface area contributed by atoms with Crippen molar-refractivity contribution in [2.24, 2.45) is 5.16 Å². The van der Waals surface area contributed by atoms with E-state index in [2.05, 4.69) is 5.16 Å². The number of hydrogen-bond acceptors (Lipinski definition) is 3. The van der Waals surface area contributed by atoms with Gasteiger partial charge in [-0.1, -0.05) is 42.4 Å². The molecule has 1 unspecified atom stereocenters. The Kier molecular flexibility index (Phi) is 4.55. The molecule has 1 aliphatic heterocycles. The average molecular weight is 260 g/mol. The predicted octanol–water partition coefficient (Wildman–Crippen LogP) is 2.44. The molecule has 0 fully saturated rings. The van der Waals surface area contributed by atoms with Crippen LogP contribution >= 0.6 is 0 Å². The second-order valence-electron chi connectivity index (χ2n) is 4.86. The van der Waals surface area contributed by atoms with Gasteiger partial charge in [0, 0.05) is 19.9 Å². The van der Waals surface area contributed by atoms with Gasteiger partial charge in [-0.15, -0.1) is 0 Å². The summed E-state index contributed by atoms with van der Waals surface area (Å²) in [6, 6.07) is 10.0. The van der Waals surface area contributed by atoms with Gasteiger partial charge >= 0.3 is 0 Å². The zero-order valence-electron chi connectivity index (χ0n) is 11.5. The van der Waals surface area contributed by atoms with Gasteiger partial charge in [-0.2, -0.15) is 0 Å². The Morgan fingerprint density at radius 3 is 2.84 bits per heavy atom. The lowest BCUT2D eigenvalue weighted by Gasteiger charge is -2.19. The maximum atomic E-state index is 11.7. The van der Waals surface area contributed by atoms with E-state index < -0.39 is 0 Å². The summed E-state index contributed by atoms with van der Waals surface area (Å²) < 4.78 is 0. The molecule has 4 nitrogen and oxygen atoms in total. The van der Waals surface area contributed by atoms with Gasteiger partial charge in [-0.25, -0.2) is 0 Å². The first-order valence-electron chi connectivity index (χ1n) is 6.72. The molecule has 0 spiro atoms. The summed E-state index contributed by atoms with van der Waals surface area (Å²) in [7, 11) is 1.82. The first-order chi connectivity index (χ1) is 9.20. The molecule has 0 aliphatic carbocycles. The van der Waals surface area contributed by atoms with E-state index in [4.69, 9.17) is 4.84 Å². The number of nitrogens with zero attached hydrogens (tertiary/aromatic N) is 2. The molecule has 1 atom stereocenters. The highest BCUT2D eigenvalue weighted by molar-refractivity contribution is 6.01. The third kappa shape index (κ3) is 3.56. The summed E-state index contributed by atoms with van der Waals surface area (Å²) in [5.41, 5.74) is 2.05.